The van der Waals surface area contributed by atoms with Crippen molar-refractivity contribution in [2.75, 3.05) is 5.73 Å². The Balaban J connectivity index is 3.59. The second-order valence-electron chi connectivity index (χ2n) is 2.33. The molecule has 0 aliphatic rings. The number of anilines is 1. The van der Waals surface area contributed by atoms with E-state index >= 15 is 0 Å². The fourth-order valence-electron chi connectivity index (χ4n) is 0.961. The molecule has 0 radical (unpaired) electrons. The van der Waals surface area contributed by atoms with Gasteiger partial charge in [-0.25, -0.2) is 0 Å². The van der Waals surface area contributed by atoms with Gasteiger partial charge in [0, 0.05) is 5.69 Å². The minimum Gasteiger partial charge on any atom is -0.399 e. The van der Waals surface area contributed by atoms with E-state index in [1.54, 1.807) is 6.07 Å². The number of rotatable bonds is 0. The lowest BCUT2D eigenvalue weighted by Crippen LogP contribution is -1.94. The molecule has 2 N–H and O–H groups in total. The summed E-state index contributed by atoms with van der Waals surface area (Å²) in [6.45, 7) is 0. The third kappa shape index (κ3) is 1.40. The Morgan fingerprint density at radius 1 is 0.923 bits per heavy atom. The molecule has 1 rings (SSSR count). The van der Waals surface area contributed by atoms with Crippen LogP contribution in [0.25, 0.3) is 0 Å². The molecule has 0 amide bonds. The van der Waals surface area contributed by atoms with Crippen LogP contribution < -0.4 is 5.73 Å². The van der Waals surface area contributed by atoms with Crippen molar-refractivity contribution in [2.45, 2.75) is 0 Å². The number of nitrogens with zero attached hydrogens (tertiary/aromatic N) is 3. The zero-order chi connectivity index (χ0) is 9.84. The standard InChI is InChI=1S/C9H4N4/c10-3-6-1-8(13)2-7(4-11)9(6)5-12/h1-2H,13H2. The van der Waals surface area contributed by atoms with Gasteiger partial charge in [0.1, 0.15) is 18.2 Å². The number of nitriles is 3. The van der Waals surface area contributed by atoms with Crippen molar-refractivity contribution < 1.29 is 0 Å². The SMILES string of the molecule is N#Cc1cc(N)cc(C#N)c1C#N. The molecule has 4 heteroatoms. The summed E-state index contributed by atoms with van der Waals surface area (Å²) in [5, 5.41) is 25.9. The maximum absolute atomic E-state index is 8.66. The van der Waals surface area contributed by atoms with Gasteiger partial charge in [-0.3, -0.25) is 0 Å². The topological polar surface area (TPSA) is 97.4 Å². The summed E-state index contributed by atoms with van der Waals surface area (Å²) >= 11 is 0. The Morgan fingerprint density at radius 3 is 1.69 bits per heavy atom. The molecule has 1 aromatic rings. The number of nitrogen functional groups attached to an aromatic ring is 1. The van der Waals surface area contributed by atoms with Crippen LogP contribution in [0.15, 0.2) is 12.1 Å². The summed E-state index contributed by atoms with van der Waals surface area (Å²) in [7, 11) is 0. The van der Waals surface area contributed by atoms with Crippen LogP contribution in [0.3, 0.4) is 0 Å². The van der Waals surface area contributed by atoms with Crippen LogP contribution in [-0.2, 0) is 0 Å². The number of hydrogen-bond acceptors (Lipinski definition) is 4. The number of hydrogen-bond donors (Lipinski definition) is 1. The largest absolute Gasteiger partial charge is 0.399 e. The highest BCUT2D eigenvalue weighted by atomic mass is 14.5. The van der Waals surface area contributed by atoms with E-state index in [-0.39, 0.29) is 16.7 Å². The molecule has 0 spiro atoms. The first kappa shape index (κ1) is 8.59. The van der Waals surface area contributed by atoms with E-state index in [2.05, 4.69) is 0 Å². The van der Waals surface area contributed by atoms with Crippen LogP contribution in [-0.4, -0.2) is 0 Å². The zero-order valence-corrected chi connectivity index (χ0v) is 6.57. The Morgan fingerprint density at radius 2 is 1.38 bits per heavy atom. The van der Waals surface area contributed by atoms with Gasteiger partial charge in [-0.05, 0) is 12.1 Å². The van der Waals surface area contributed by atoms with Gasteiger partial charge in [-0.1, -0.05) is 0 Å². The summed E-state index contributed by atoms with van der Waals surface area (Å²) in [4.78, 5) is 0. The molecule has 0 atom stereocenters. The van der Waals surface area contributed by atoms with E-state index in [0.717, 1.165) is 0 Å². The maximum atomic E-state index is 8.66. The Labute approximate surface area is 75.0 Å². The molecule has 0 fully saturated rings. The normalized spacial score (nSPS) is 8.08. The van der Waals surface area contributed by atoms with E-state index in [1.165, 1.54) is 12.1 Å². The van der Waals surface area contributed by atoms with Gasteiger partial charge < -0.3 is 5.73 Å². The summed E-state index contributed by atoms with van der Waals surface area (Å²) in [5.41, 5.74) is 6.09. The van der Waals surface area contributed by atoms with Crippen molar-refractivity contribution in [2.24, 2.45) is 0 Å². The molecule has 60 valence electrons. The van der Waals surface area contributed by atoms with Gasteiger partial charge >= 0.3 is 0 Å². The fourth-order valence-corrected chi connectivity index (χ4v) is 0.961. The molecule has 0 aromatic heterocycles. The molecule has 1 aromatic carbocycles. The van der Waals surface area contributed by atoms with Crippen LogP contribution in [0, 0.1) is 34.0 Å². The monoisotopic (exact) mass is 168 g/mol. The van der Waals surface area contributed by atoms with E-state index in [1.807, 2.05) is 12.1 Å². The predicted octanol–water partition coefficient (Wildman–Crippen LogP) is 0.884. The van der Waals surface area contributed by atoms with Gasteiger partial charge in [-0.15, -0.1) is 0 Å². The quantitative estimate of drug-likeness (QED) is 0.581. The third-order valence-electron chi connectivity index (χ3n) is 1.51. The molecule has 0 aliphatic heterocycles. The van der Waals surface area contributed by atoms with Crippen molar-refractivity contribution in [1.82, 2.24) is 0 Å². The summed E-state index contributed by atoms with van der Waals surface area (Å²) in [5.74, 6) is 0. The first-order chi connectivity index (χ1) is 6.22. The Kier molecular flexibility index (Phi) is 2.15. The fraction of sp³-hybridized carbons (Fsp3) is 0. The lowest BCUT2D eigenvalue weighted by atomic mass is 10.0. The van der Waals surface area contributed by atoms with Crippen LogP contribution in [0.2, 0.25) is 0 Å². The highest BCUT2D eigenvalue weighted by molar-refractivity contribution is 5.61. The molecule has 0 aliphatic carbocycles. The van der Waals surface area contributed by atoms with E-state index < -0.39 is 0 Å². The van der Waals surface area contributed by atoms with Crippen molar-refractivity contribution in [1.29, 1.82) is 15.8 Å². The van der Waals surface area contributed by atoms with Crippen molar-refractivity contribution in [3.05, 3.63) is 28.8 Å². The highest BCUT2D eigenvalue weighted by Crippen LogP contribution is 2.16. The van der Waals surface area contributed by atoms with Crippen LogP contribution in [0.4, 0.5) is 5.69 Å². The summed E-state index contributed by atoms with van der Waals surface area (Å²) in [6.07, 6.45) is 0. The zero-order valence-electron chi connectivity index (χ0n) is 6.57. The molecular formula is C9H4N4. The first-order valence-corrected chi connectivity index (χ1v) is 3.36. The highest BCUT2D eigenvalue weighted by Gasteiger charge is 2.08. The Hall–Kier alpha value is -2.51. The predicted molar refractivity (Wildman–Crippen MR) is 45.0 cm³/mol. The molecule has 4 nitrogen and oxygen atoms in total. The molecule has 0 bridgehead atoms. The van der Waals surface area contributed by atoms with Gasteiger partial charge in [0.15, 0.2) is 0 Å². The van der Waals surface area contributed by atoms with E-state index in [9.17, 15) is 0 Å². The maximum Gasteiger partial charge on any atom is 0.102 e. The lowest BCUT2D eigenvalue weighted by molar-refractivity contribution is 1.39. The smallest absolute Gasteiger partial charge is 0.102 e. The molecule has 13 heavy (non-hydrogen) atoms. The minimum atomic E-state index is 0.0826. The van der Waals surface area contributed by atoms with Crippen LogP contribution in [0.5, 0.6) is 0 Å². The van der Waals surface area contributed by atoms with Crippen LogP contribution >= 0.6 is 0 Å². The average Bonchev–Trinajstić information content (AvgIpc) is 2.16. The second-order valence-corrected chi connectivity index (χ2v) is 2.33. The van der Waals surface area contributed by atoms with E-state index in [4.69, 9.17) is 21.5 Å². The van der Waals surface area contributed by atoms with Crippen molar-refractivity contribution >= 4 is 5.69 Å². The van der Waals surface area contributed by atoms with E-state index in [0.29, 0.717) is 5.69 Å². The number of nitrogens with two attached hydrogens (primary N) is 1. The molecule has 0 unspecified atom stereocenters. The first-order valence-electron chi connectivity index (χ1n) is 3.36. The molecule has 0 saturated carbocycles. The lowest BCUT2D eigenvalue weighted by Gasteiger charge is -1.98. The minimum absolute atomic E-state index is 0.0826. The Bertz CT molecular complexity index is 433. The molecule has 0 saturated heterocycles. The van der Waals surface area contributed by atoms with Gasteiger partial charge in [-0.2, -0.15) is 15.8 Å². The van der Waals surface area contributed by atoms with Gasteiger partial charge in [0.2, 0.25) is 0 Å². The van der Waals surface area contributed by atoms with Crippen molar-refractivity contribution in [3.63, 3.8) is 0 Å². The van der Waals surface area contributed by atoms with Crippen molar-refractivity contribution in [3.8, 4) is 18.2 Å². The van der Waals surface area contributed by atoms with Crippen LogP contribution in [0.1, 0.15) is 16.7 Å². The second kappa shape index (κ2) is 3.26. The number of benzene rings is 1. The third-order valence-corrected chi connectivity index (χ3v) is 1.51. The van der Waals surface area contributed by atoms with Gasteiger partial charge in [0.05, 0.1) is 16.7 Å². The van der Waals surface area contributed by atoms with Gasteiger partial charge in [0.25, 0.3) is 0 Å². The molecular weight excluding hydrogens is 164 g/mol. The molecule has 0 heterocycles. The average molecular weight is 168 g/mol. The summed E-state index contributed by atoms with van der Waals surface area (Å²) in [6, 6.07) is 8.16. The summed E-state index contributed by atoms with van der Waals surface area (Å²) < 4.78 is 0.